The number of nitrogens with zero attached hydrogens (tertiary/aromatic N) is 1. The molecule has 4 nitrogen and oxygen atoms in total. The highest BCUT2D eigenvalue weighted by Gasteiger charge is 2.06. The highest BCUT2D eigenvalue weighted by atomic mass is 16.5. The van der Waals surface area contributed by atoms with Gasteiger partial charge in [-0.2, -0.15) is 5.26 Å². The number of aliphatic hydroxyl groups is 1. The summed E-state index contributed by atoms with van der Waals surface area (Å²) in [5.41, 5.74) is 0.510. The lowest BCUT2D eigenvalue weighted by Gasteiger charge is -2.11. The standard InChI is InChI=1S/C11H13NO3/c1-8(13)7-15-10-4-3-9(6-12)5-11(10)14-2/h3-5,8,13H,7H2,1-2H3. The van der Waals surface area contributed by atoms with Gasteiger partial charge in [0.1, 0.15) is 6.61 Å². The van der Waals surface area contributed by atoms with Crippen LogP contribution >= 0.6 is 0 Å². The molecule has 0 saturated carbocycles. The highest BCUT2D eigenvalue weighted by Crippen LogP contribution is 2.27. The van der Waals surface area contributed by atoms with E-state index in [1.807, 2.05) is 6.07 Å². The van der Waals surface area contributed by atoms with Crippen LogP contribution in [0.3, 0.4) is 0 Å². The van der Waals surface area contributed by atoms with Gasteiger partial charge in [0, 0.05) is 6.07 Å². The van der Waals surface area contributed by atoms with E-state index in [1.165, 1.54) is 7.11 Å². The Kier molecular flexibility index (Phi) is 3.95. The number of aliphatic hydroxyl groups excluding tert-OH is 1. The normalized spacial score (nSPS) is 11.6. The number of rotatable bonds is 4. The molecular formula is C11H13NO3. The second-order valence-corrected chi connectivity index (χ2v) is 3.14. The van der Waals surface area contributed by atoms with E-state index in [4.69, 9.17) is 19.8 Å². The number of benzene rings is 1. The van der Waals surface area contributed by atoms with Gasteiger partial charge in [-0.3, -0.25) is 0 Å². The summed E-state index contributed by atoms with van der Waals surface area (Å²) in [6.07, 6.45) is -0.537. The monoisotopic (exact) mass is 207 g/mol. The fourth-order valence-electron chi connectivity index (χ4n) is 1.07. The Balaban J connectivity index is 2.84. The van der Waals surface area contributed by atoms with Crippen molar-refractivity contribution >= 4 is 0 Å². The number of hydrogen-bond donors (Lipinski definition) is 1. The SMILES string of the molecule is COc1cc(C#N)ccc1OCC(C)O. The molecule has 1 aromatic rings. The van der Waals surface area contributed by atoms with E-state index in [0.717, 1.165) is 0 Å². The molecule has 0 aliphatic heterocycles. The summed E-state index contributed by atoms with van der Waals surface area (Å²) < 4.78 is 10.4. The Morgan fingerprint density at radius 2 is 2.20 bits per heavy atom. The molecule has 1 aromatic carbocycles. The molecule has 0 fully saturated rings. The van der Waals surface area contributed by atoms with Gasteiger partial charge in [-0.05, 0) is 19.1 Å². The second kappa shape index (κ2) is 5.23. The fourth-order valence-corrected chi connectivity index (χ4v) is 1.07. The van der Waals surface area contributed by atoms with E-state index in [-0.39, 0.29) is 6.61 Å². The van der Waals surface area contributed by atoms with Crippen LogP contribution in [0.15, 0.2) is 18.2 Å². The number of hydrogen-bond acceptors (Lipinski definition) is 4. The molecule has 0 amide bonds. The van der Waals surface area contributed by atoms with Crippen molar-refractivity contribution in [2.24, 2.45) is 0 Å². The molecular weight excluding hydrogens is 194 g/mol. The van der Waals surface area contributed by atoms with Crippen LogP contribution in [0.2, 0.25) is 0 Å². The van der Waals surface area contributed by atoms with Crippen molar-refractivity contribution in [3.63, 3.8) is 0 Å². The van der Waals surface area contributed by atoms with Crippen molar-refractivity contribution in [2.75, 3.05) is 13.7 Å². The van der Waals surface area contributed by atoms with Crippen LogP contribution in [0.4, 0.5) is 0 Å². The van der Waals surface area contributed by atoms with Gasteiger partial charge in [0.25, 0.3) is 0 Å². The third-order valence-corrected chi connectivity index (χ3v) is 1.77. The lowest BCUT2D eigenvalue weighted by atomic mass is 10.2. The maximum atomic E-state index is 9.06. The van der Waals surface area contributed by atoms with Gasteiger partial charge < -0.3 is 14.6 Å². The average molecular weight is 207 g/mol. The van der Waals surface area contributed by atoms with E-state index in [2.05, 4.69) is 0 Å². The van der Waals surface area contributed by atoms with Crippen LogP contribution in [0.1, 0.15) is 12.5 Å². The van der Waals surface area contributed by atoms with Gasteiger partial charge in [-0.25, -0.2) is 0 Å². The van der Waals surface area contributed by atoms with E-state index < -0.39 is 6.10 Å². The van der Waals surface area contributed by atoms with E-state index in [1.54, 1.807) is 25.1 Å². The molecule has 15 heavy (non-hydrogen) atoms. The minimum atomic E-state index is -0.537. The van der Waals surface area contributed by atoms with Crippen molar-refractivity contribution < 1.29 is 14.6 Å². The summed E-state index contributed by atoms with van der Waals surface area (Å²) in [7, 11) is 1.51. The molecule has 0 aromatic heterocycles. The molecule has 1 N–H and O–H groups in total. The number of ether oxygens (including phenoxy) is 2. The van der Waals surface area contributed by atoms with Crippen molar-refractivity contribution in [1.82, 2.24) is 0 Å². The summed E-state index contributed by atoms with van der Waals surface area (Å²) in [6, 6.07) is 6.89. The van der Waals surface area contributed by atoms with E-state index >= 15 is 0 Å². The summed E-state index contributed by atoms with van der Waals surface area (Å²) in [4.78, 5) is 0. The van der Waals surface area contributed by atoms with Gasteiger partial charge >= 0.3 is 0 Å². The molecule has 80 valence electrons. The van der Waals surface area contributed by atoms with Crippen molar-refractivity contribution in [1.29, 1.82) is 5.26 Å². The van der Waals surface area contributed by atoms with Crippen LogP contribution in [0, 0.1) is 11.3 Å². The van der Waals surface area contributed by atoms with E-state index in [9.17, 15) is 0 Å². The summed E-state index contributed by atoms with van der Waals surface area (Å²) >= 11 is 0. The molecule has 0 aliphatic rings. The molecule has 4 heteroatoms. The average Bonchev–Trinajstić information content (AvgIpc) is 2.25. The Morgan fingerprint density at radius 1 is 1.47 bits per heavy atom. The summed E-state index contributed by atoms with van der Waals surface area (Å²) in [5, 5.41) is 17.7. The van der Waals surface area contributed by atoms with Gasteiger partial charge in [0.15, 0.2) is 11.5 Å². The largest absolute Gasteiger partial charge is 0.493 e. The van der Waals surface area contributed by atoms with E-state index in [0.29, 0.717) is 17.1 Å². The Labute approximate surface area is 88.7 Å². The molecule has 0 bridgehead atoms. The van der Waals surface area contributed by atoms with Gasteiger partial charge in [0.05, 0.1) is 24.8 Å². The lowest BCUT2D eigenvalue weighted by molar-refractivity contribution is 0.120. The number of nitriles is 1. The molecule has 0 saturated heterocycles. The van der Waals surface area contributed by atoms with Crippen molar-refractivity contribution in [3.05, 3.63) is 23.8 Å². The highest BCUT2D eigenvalue weighted by molar-refractivity contribution is 5.46. The van der Waals surface area contributed by atoms with Gasteiger partial charge in [-0.1, -0.05) is 0 Å². The smallest absolute Gasteiger partial charge is 0.162 e. The summed E-state index contributed by atoms with van der Waals surface area (Å²) in [5.74, 6) is 1.02. The first kappa shape index (κ1) is 11.3. The third-order valence-electron chi connectivity index (χ3n) is 1.77. The summed E-state index contributed by atoms with van der Waals surface area (Å²) in [6.45, 7) is 1.83. The maximum absolute atomic E-state index is 9.06. The second-order valence-electron chi connectivity index (χ2n) is 3.14. The van der Waals surface area contributed by atoms with Gasteiger partial charge in [-0.15, -0.1) is 0 Å². The lowest BCUT2D eigenvalue weighted by Crippen LogP contribution is -2.13. The van der Waals surface area contributed by atoms with Crippen LogP contribution in [0.25, 0.3) is 0 Å². The first-order valence-corrected chi connectivity index (χ1v) is 4.56. The van der Waals surface area contributed by atoms with Crippen molar-refractivity contribution in [2.45, 2.75) is 13.0 Å². The van der Waals surface area contributed by atoms with Crippen LogP contribution < -0.4 is 9.47 Å². The molecule has 1 atom stereocenters. The predicted molar refractivity (Wildman–Crippen MR) is 54.9 cm³/mol. The molecule has 1 rings (SSSR count). The van der Waals surface area contributed by atoms with Crippen LogP contribution in [0.5, 0.6) is 11.5 Å². The first-order chi connectivity index (χ1) is 7.17. The quantitative estimate of drug-likeness (QED) is 0.809. The Hall–Kier alpha value is -1.73. The van der Waals surface area contributed by atoms with Crippen molar-refractivity contribution in [3.8, 4) is 17.6 Å². The third kappa shape index (κ3) is 3.15. The number of methoxy groups -OCH3 is 1. The zero-order valence-corrected chi connectivity index (χ0v) is 8.73. The molecule has 0 heterocycles. The predicted octanol–water partition coefficient (Wildman–Crippen LogP) is 1.33. The zero-order chi connectivity index (χ0) is 11.3. The minimum absolute atomic E-state index is 0.197. The Bertz CT molecular complexity index is 369. The van der Waals surface area contributed by atoms with Crippen LogP contribution in [-0.2, 0) is 0 Å². The van der Waals surface area contributed by atoms with Gasteiger partial charge in [0.2, 0.25) is 0 Å². The fraction of sp³-hybridized carbons (Fsp3) is 0.364. The molecule has 1 unspecified atom stereocenters. The first-order valence-electron chi connectivity index (χ1n) is 4.56. The Morgan fingerprint density at radius 3 is 2.73 bits per heavy atom. The maximum Gasteiger partial charge on any atom is 0.162 e. The zero-order valence-electron chi connectivity index (χ0n) is 8.73. The topological polar surface area (TPSA) is 62.5 Å². The molecule has 0 spiro atoms. The van der Waals surface area contributed by atoms with Crippen LogP contribution in [-0.4, -0.2) is 24.9 Å². The minimum Gasteiger partial charge on any atom is -0.493 e. The molecule has 0 aliphatic carbocycles. The molecule has 0 radical (unpaired) electrons.